The fourth-order valence-corrected chi connectivity index (χ4v) is 4.60. The SMILES string of the molecule is CCCS(=O)(=O)N1CCCCC1C(=O)NCc1ccnc(OC)c1. The number of nitrogens with one attached hydrogen (secondary N) is 1. The van der Waals surface area contributed by atoms with Gasteiger partial charge in [-0.1, -0.05) is 13.3 Å². The molecule has 2 heterocycles. The Balaban J connectivity index is 2.03. The number of aromatic nitrogens is 1. The van der Waals surface area contributed by atoms with Crippen LogP contribution in [0.25, 0.3) is 0 Å². The van der Waals surface area contributed by atoms with Gasteiger partial charge < -0.3 is 10.1 Å². The van der Waals surface area contributed by atoms with E-state index in [-0.39, 0.29) is 11.7 Å². The van der Waals surface area contributed by atoms with Crippen molar-refractivity contribution >= 4 is 15.9 Å². The Bertz CT molecular complexity index is 663. The quantitative estimate of drug-likeness (QED) is 0.796. The molecule has 1 atom stereocenters. The number of amides is 1. The molecule has 0 spiro atoms. The first kappa shape index (κ1) is 18.7. The van der Waals surface area contributed by atoms with E-state index in [0.717, 1.165) is 18.4 Å². The third-order valence-corrected chi connectivity index (χ3v) is 6.13. The zero-order valence-electron chi connectivity index (χ0n) is 14.2. The van der Waals surface area contributed by atoms with E-state index in [2.05, 4.69) is 10.3 Å². The lowest BCUT2D eigenvalue weighted by molar-refractivity contribution is -0.125. The summed E-state index contributed by atoms with van der Waals surface area (Å²) in [4.78, 5) is 16.5. The van der Waals surface area contributed by atoms with Gasteiger partial charge in [-0.3, -0.25) is 4.79 Å². The first-order valence-corrected chi connectivity index (χ1v) is 9.85. The summed E-state index contributed by atoms with van der Waals surface area (Å²) in [7, 11) is -1.85. The van der Waals surface area contributed by atoms with Crippen LogP contribution < -0.4 is 10.1 Å². The van der Waals surface area contributed by atoms with E-state index >= 15 is 0 Å². The van der Waals surface area contributed by atoms with Crippen molar-refractivity contribution in [2.45, 2.75) is 45.2 Å². The number of rotatable bonds is 7. The molecule has 1 aliphatic heterocycles. The van der Waals surface area contributed by atoms with Crippen LogP contribution in [0.5, 0.6) is 5.88 Å². The van der Waals surface area contributed by atoms with Crippen molar-refractivity contribution in [1.82, 2.24) is 14.6 Å². The highest BCUT2D eigenvalue weighted by molar-refractivity contribution is 7.89. The molecule has 7 nitrogen and oxygen atoms in total. The highest BCUT2D eigenvalue weighted by Gasteiger charge is 2.35. The summed E-state index contributed by atoms with van der Waals surface area (Å²) < 4.78 is 31.2. The van der Waals surface area contributed by atoms with Crippen molar-refractivity contribution in [3.8, 4) is 5.88 Å². The number of nitrogens with zero attached hydrogens (tertiary/aromatic N) is 2. The van der Waals surface area contributed by atoms with E-state index in [4.69, 9.17) is 4.74 Å². The second kappa shape index (κ2) is 8.43. The second-order valence-corrected chi connectivity index (χ2v) is 7.90. The number of hydrogen-bond donors (Lipinski definition) is 1. The second-order valence-electron chi connectivity index (χ2n) is 5.86. The average molecular weight is 355 g/mol. The van der Waals surface area contributed by atoms with Gasteiger partial charge in [0.2, 0.25) is 21.8 Å². The van der Waals surface area contributed by atoms with Crippen LogP contribution in [0, 0.1) is 0 Å². The number of hydrogen-bond acceptors (Lipinski definition) is 5. The summed E-state index contributed by atoms with van der Waals surface area (Å²) >= 11 is 0. The van der Waals surface area contributed by atoms with E-state index < -0.39 is 16.1 Å². The maximum absolute atomic E-state index is 12.5. The van der Waals surface area contributed by atoms with Crippen LogP contribution in [0.2, 0.25) is 0 Å². The van der Waals surface area contributed by atoms with Crippen LogP contribution in [0.4, 0.5) is 0 Å². The summed E-state index contributed by atoms with van der Waals surface area (Å²) in [5, 5.41) is 2.84. The largest absolute Gasteiger partial charge is 0.481 e. The molecule has 1 aliphatic rings. The fraction of sp³-hybridized carbons (Fsp3) is 0.625. The van der Waals surface area contributed by atoms with Crippen LogP contribution in [0.3, 0.4) is 0 Å². The molecule has 0 radical (unpaired) electrons. The Morgan fingerprint density at radius 3 is 2.96 bits per heavy atom. The molecule has 2 rings (SSSR count). The number of sulfonamides is 1. The number of carbonyl (C=O) groups is 1. The maximum atomic E-state index is 12.5. The van der Waals surface area contributed by atoms with Crippen molar-refractivity contribution in [3.05, 3.63) is 23.9 Å². The lowest BCUT2D eigenvalue weighted by Gasteiger charge is -2.33. The van der Waals surface area contributed by atoms with Crippen LogP contribution in [0.1, 0.15) is 38.2 Å². The molecule has 1 N–H and O–H groups in total. The lowest BCUT2D eigenvalue weighted by Crippen LogP contribution is -2.52. The number of piperidine rings is 1. The standard InChI is InChI=1S/C16H25N3O4S/c1-3-10-24(21,22)19-9-5-4-6-14(19)16(20)18-12-13-7-8-17-15(11-13)23-2/h7-8,11,14H,3-6,9-10,12H2,1-2H3,(H,18,20). The van der Waals surface area contributed by atoms with Crippen molar-refractivity contribution in [2.75, 3.05) is 19.4 Å². The first-order valence-electron chi connectivity index (χ1n) is 8.24. The molecule has 0 bridgehead atoms. The van der Waals surface area contributed by atoms with Crippen molar-refractivity contribution in [1.29, 1.82) is 0 Å². The Hall–Kier alpha value is -1.67. The van der Waals surface area contributed by atoms with Gasteiger partial charge in [-0.05, 0) is 30.9 Å². The third kappa shape index (κ3) is 4.67. The number of pyridine rings is 1. The number of carbonyl (C=O) groups excluding carboxylic acids is 1. The minimum absolute atomic E-state index is 0.0817. The van der Waals surface area contributed by atoms with E-state index in [0.29, 0.717) is 31.8 Å². The molecule has 1 aromatic heterocycles. The fourth-order valence-electron chi connectivity index (χ4n) is 2.85. The highest BCUT2D eigenvalue weighted by atomic mass is 32.2. The third-order valence-electron chi connectivity index (χ3n) is 4.05. The van der Waals surface area contributed by atoms with Gasteiger partial charge in [0, 0.05) is 25.4 Å². The highest BCUT2D eigenvalue weighted by Crippen LogP contribution is 2.21. The molecule has 1 fully saturated rings. The van der Waals surface area contributed by atoms with Crippen LogP contribution in [-0.2, 0) is 21.4 Å². The summed E-state index contributed by atoms with van der Waals surface area (Å²) in [5.41, 5.74) is 0.856. The van der Waals surface area contributed by atoms with Gasteiger partial charge in [0.15, 0.2) is 0 Å². The topological polar surface area (TPSA) is 88.6 Å². The van der Waals surface area contributed by atoms with Gasteiger partial charge in [-0.2, -0.15) is 4.31 Å². The Morgan fingerprint density at radius 1 is 1.46 bits per heavy atom. The molecule has 1 saturated heterocycles. The molecule has 1 unspecified atom stereocenters. The van der Waals surface area contributed by atoms with Gasteiger partial charge in [-0.15, -0.1) is 0 Å². The Kier molecular flexibility index (Phi) is 6.56. The molecule has 134 valence electrons. The summed E-state index contributed by atoms with van der Waals surface area (Å²) in [6.07, 6.45) is 4.38. The molecule has 24 heavy (non-hydrogen) atoms. The van der Waals surface area contributed by atoms with Crippen molar-refractivity contribution in [2.24, 2.45) is 0 Å². The van der Waals surface area contributed by atoms with E-state index in [9.17, 15) is 13.2 Å². The smallest absolute Gasteiger partial charge is 0.238 e. The molecule has 1 amide bonds. The van der Waals surface area contributed by atoms with Gasteiger partial charge in [0.25, 0.3) is 0 Å². The zero-order valence-corrected chi connectivity index (χ0v) is 15.0. The van der Waals surface area contributed by atoms with Gasteiger partial charge in [-0.25, -0.2) is 13.4 Å². The summed E-state index contributed by atoms with van der Waals surface area (Å²) in [5.74, 6) is 0.315. The van der Waals surface area contributed by atoms with Crippen LogP contribution in [0.15, 0.2) is 18.3 Å². The minimum Gasteiger partial charge on any atom is -0.481 e. The van der Waals surface area contributed by atoms with Crippen LogP contribution in [-0.4, -0.2) is 49.1 Å². The predicted molar refractivity (Wildman–Crippen MR) is 91.1 cm³/mol. The van der Waals surface area contributed by atoms with E-state index in [1.807, 2.05) is 6.92 Å². The van der Waals surface area contributed by atoms with Gasteiger partial charge >= 0.3 is 0 Å². The molecular weight excluding hydrogens is 330 g/mol. The van der Waals surface area contributed by atoms with E-state index in [1.54, 1.807) is 18.3 Å². The monoisotopic (exact) mass is 355 g/mol. The molecular formula is C16H25N3O4S. The first-order chi connectivity index (χ1) is 11.5. The summed E-state index contributed by atoms with van der Waals surface area (Å²) in [6.45, 7) is 2.56. The Morgan fingerprint density at radius 2 is 2.25 bits per heavy atom. The van der Waals surface area contributed by atoms with Gasteiger partial charge in [0.1, 0.15) is 6.04 Å². The predicted octanol–water partition coefficient (Wildman–Crippen LogP) is 1.30. The number of ether oxygens (including phenoxy) is 1. The molecule has 8 heteroatoms. The van der Waals surface area contributed by atoms with Crippen molar-refractivity contribution < 1.29 is 17.9 Å². The Labute approximate surface area is 143 Å². The van der Waals surface area contributed by atoms with Gasteiger partial charge in [0.05, 0.1) is 12.9 Å². The molecule has 0 aromatic carbocycles. The van der Waals surface area contributed by atoms with E-state index in [1.165, 1.54) is 11.4 Å². The number of methoxy groups -OCH3 is 1. The maximum Gasteiger partial charge on any atom is 0.238 e. The lowest BCUT2D eigenvalue weighted by atomic mass is 10.0. The molecule has 0 aliphatic carbocycles. The van der Waals surface area contributed by atoms with Crippen LogP contribution >= 0.6 is 0 Å². The summed E-state index contributed by atoms with van der Waals surface area (Å²) in [6, 6.07) is 2.92. The average Bonchev–Trinajstić information content (AvgIpc) is 2.60. The molecule has 0 saturated carbocycles. The van der Waals surface area contributed by atoms with Crippen molar-refractivity contribution in [3.63, 3.8) is 0 Å². The minimum atomic E-state index is -3.38. The normalized spacial score (nSPS) is 19.0. The molecule has 1 aromatic rings. The zero-order chi connectivity index (χ0) is 17.6.